The number of hydrogen-bond acceptors (Lipinski definition) is 1. The molecule has 12 heavy (non-hydrogen) atoms. The quantitative estimate of drug-likeness (QED) is 0.783. The monoisotopic (exact) mass is 308 g/mol. The maximum Gasteiger partial charge on any atom is 0.168 e. The minimum absolute atomic E-state index is 0.258. The van der Waals surface area contributed by atoms with Crippen molar-refractivity contribution in [1.82, 2.24) is 0 Å². The second-order valence-electron chi connectivity index (χ2n) is 2.11. The number of nitrogens with two attached hydrogens (primary N) is 1. The number of thiocarbonyl (C=S) groups is 1. The molecule has 0 aliphatic carbocycles. The largest absolute Gasteiger partial charge is 0.376 e. The zero-order valence-electron chi connectivity index (χ0n) is 5.97. The third-order valence-electron chi connectivity index (χ3n) is 1.19. The zero-order chi connectivity index (χ0) is 9.14. The summed E-state index contributed by atoms with van der Waals surface area (Å²) >= 11 is 11.4. The molecule has 0 bridgehead atoms. The van der Waals surface area contributed by atoms with Crippen LogP contribution >= 0.6 is 44.1 Å². The molecule has 0 saturated carbocycles. The molecule has 2 nitrogen and oxygen atoms in total. The molecular weight excluding hydrogens is 304 g/mol. The highest BCUT2D eigenvalue weighted by Crippen LogP contribution is 2.25. The number of halogens is 2. The third-order valence-corrected chi connectivity index (χ3v) is 2.47. The molecule has 0 spiro atoms. The lowest BCUT2D eigenvalue weighted by Gasteiger charge is -2.06. The van der Waals surface area contributed by atoms with Crippen LogP contribution in [0.2, 0.25) is 0 Å². The van der Waals surface area contributed by atoms with Gasteiger partial charge in [0, 0.05) is 8.95 Å². The number of benzene rings is 1. The number of nitrogens with one attached hydrogen (secondary N) is 1. The molecule has 0 unspecified atom stereocenters. The summed E-state index contributed by atoms with van der Waals surface area (Å²) in [7, 11) is 0. The second kappa shape index (κ2) is 4.20. The van der Waals surface area contributed by atoms with E-state index < -0.39 is 0 Å². The Kier molecular flexibility index (Phi) is 3.49. The minimum Gasteiger partial charge on any atom is -0.376 e. The van der Waals surface area contributed by atoms with Crippen molar-refractivity contribution in [1.29, 1.82) is 0 Å². The van der Waals surface area contributed by atoms with Crippen molar-refractivity contribution >= 4 is 54.9 Å². The van der Waals surface area contributed by atoms with Crippen molar-refractivity contribution in [2.75, 3.05) is 5.32 Å². The maximum atomic E-state index is 5.33. The Morgan fingerprint density at radius 3 is 2.67 bits per heavy atom. The molecular formula is C7H6Br2N2S. The predicted molar refractivity (Wildman–Crippen MR) is 62.3 cm³/mol. The standard InChI is InChI=1S/C7H6Br2N2S/c8-4-1-2-5(9)6(3-4)11-7(10)12/h1-3H,(H3,10,11,12). The van der Waals surface area contributed by atoms with E-state index in [2.05, 4.69) is 37.2 Å². The van der Waals surface area contributed by atoms with Gasteiger partial charge < -0.3 is 11.1 Å². The first-order valence-electron chi connectivity index (χ1n) is 3.11. The van der Waals surface area contributed by atoms with Crippen molar-refractivity contribution in [2.45, 2.75) is 0 Å². The Morgan fingerprint density at radius 2 is 2.08 bits per heavy atom. The van der Waals surface area contributed by atoms with Crippen LogP contribution in [0.4, 0.5) is 5.69 Å². The zero-order valence-corrected chi connectivity index (χ0v) is 9.96. The first-order chi connectivity index (χ1) is 5.59. The van der Waals surface area contributed by atoms with Crippen LogP contribution in [0.3, 0.4) is 0 Å². The molecule has 0 radical (unpaired) electrons. The third kappa shape index (κ3) is 2.73. The average Bonchev–Trinajstić information content (AvgIpc) is 1.96. The van der Waals surface area contributed by atoms with Crippen molar-refractivity contribution in [3.8, 4) is 0 Å². The van der Waals surface area contributed by atoms with Gasteiger partial charge in [0.25, 0.3) is 0 Å². The molecule has 0 aliphatic rings. The Morgan fingerprint density at radius 1 is 1.42 bits per heavy atom. The van der Waals surface area contributed by atoms with Crippen LogP contribution in [0.1, 0.15) is 0 Å². The predicted octanol–water partition coefficient (Wildman–Crippen LogP) is 2.87. The summed E-state index contributed by atoms with van der Waals surface area (Å²) in [4.78, 5) is 0. The fourth-order valence-electron chi connectivity index (χ4n) is 0.726. The van der Waals surface area contributed by atoms with Crippen LogP contribution in [0.5, 0.6) is 0 Å². The Hall–Kier alpha value is -0.130. The van der Waals surface area contributed by atoms with Crippen LogP contribution in [-0.2, 0) is 0 Å². The molecule has 0 fully saturated rings. The highest BCUT2D eigenvalue weighted by atomic mass is 79.9. The van der Waals surface area contributed by atoms with E-state index in [9.17, 15) is 0 Å². The van der Waals surface area contributed by atoms with E-state index in [-0.39, 0.29) is 5.11 Å². The Bertz CT molecular complexity index is 314. The van der Waals surface area contributed by atoms with Gasteiger partial charge in [-0.25, -0.2) is 0 Å². The molecule has 5 heteroatoms. The van der Waals surface area contributed by atoms with Gasteiger partial charge in [-0.15, -0.1) is 0 Å². The topological polar surface area (TPSA) is 38.0 Å². The van der Waals surface area contributed by atoms with E-state index >= 15 is 0 Å². The average molecular weight is 310 g/mol. The van der Waals surface area contributed by atoms with E-state index in [4.69, 9.17) is 18.0 Å². The first-order valence-corrected chi connectivity index (χ1v) is 5.10. The summed E-state index contributed by atoms with van der Waals surface area (Å²) in [6, 6.07) is 5.72. The lowest BCUT2D eigenvalue weighted by Crippen LogP contribution is -2.19. The molecule has 1 aromatic rings. The van der Waals surface area contributed by atoms with Gasteiger partial charge in [-0.2, -0.15) is 0 Å². The van der Waals surface area contributed by atoms with E-state index in [0.717, 1.165) is 14.6 Å². The summed E-state index contributed by atoms with van der Waals surface area (Å²) in [5.41, 5.74) is 6.19. The van der Waals surface area contributed by atoms with Crippen molar-refractivity contribution in [3.63, 3.8) is 0 Å². The van der Waals surface area contributed by atoms with Gasteiger partial charge in [-0.05, 0) is 46.3 Å². The lowest BCUT2D eigenvalue weighted by molar-refractivity contribution is 1.55. The Labute approximate surface area is 92.8 Å². The molecule has 0 saturated heterocycles. The Balaban J connectivity index is 2.97. The van der Waals surface area contributed by atoms with Crippen molar-refractivity contribution in [3.05, 3.63) is 27.1 Å². The molecule has 0 atom stereocenters. The summed E-state index contributed by atoms with van der Waals surface area (Å²) in [6.45, 7) is 0. The second-order valence-corrected chi connectivity index (χ2v) is 4.32. The van der Waals surface area contributed by atoms with E-state index in [1.54, 1.807) is 0 Å². The van der Waals surface area contributed by atoms with E-state index in [0.29, 0.717) is 0 Å². The smallest absolute Gasteiger partial charge is 0.168 e. The number of anilines is 1. The van der Waals surface area contributed by atoms with Gasteiger partial charge in [-0.3, -0.25) is 0 Å². The van der Waals surface area contributed by atoms with Crippen LogP contribution in [0.25, 0.3) is 0 Å². The van der Waals surface area contributed by atoms with Crippen molar-refractivity contribution in [2.24, 2.45) is 5.73 Å². The molecule has 3 N–H and O–H groups in total. The molecule has 0 heterocycles. The van der Waals surface area contributed by atoms with Gasteiger partial charge in [-0.1, -0.05) is 15.9 Å². The fraction of sp³-hybridized carbons (Fsp3) is 0. The lowest BCUT2D eigenvalue weighted by atomic mass is 10.3. The highest BCUT2D eigenvalue weighted by molar-refractivity contribution is 9.11. The molecule has 1 rings (SSSR count). The van der Waals surface area contributed by atoms with Gasteiger partial charge in [0.15, 0.2) is 5.11 Å². The van der Waals surface area contributed by atoms with E-state index in [1.807, 2.05) is 18.2 Å². The first kappa shape index (κ1) is 9.95. The molecule has 64 valence electrons. The summed E-state index contributed by atoms with van der Waals surface area (Å²) < 4.78 is 1.91. The summed E-state index contributed by atoms with van der Waals surface area (Å²) in [6.07, 6.45) is 0. The molecule has 1 aromatic carbocycles. The van der Waals surface area contributed by atoms with Crippen molar-refractivity contribution < 1.29 is 0 Å². The van der Waals surface area contributed by atoms with Gasteiger partial charge in [0.2, 0.25) is 0 Å². The van der Waals surface area contributed by atoms with E-state index in [1.165, 1.54) is 0 Å². The van der Waals surface area contributed by atoms with Gasteiger partial charge >= 0.3 is 0 Å². The summed E-state index contributed by atoms with van der Waals surface area (Å²) in [5.74, 6) is 0. The van der Waals surface area contributed by atoms with Gasteiger partial charge in [0.05, 0.1) is 5.69 Å². The normalized spacial score (nSPS) is 9.50. The number of rotatable bonds is 1. The van der Waals surface area contributed by atoms with Crippen LogP contribution in [0.15, 0.2) is 27.1 Å². The molecule has 0 aromatic heterocycles. The summed E-state index contributed by atoms with van der Waals surface area (Å²) in [5, 5.41) is 3.10. The molecule has 0 aliphatic heterocycles. The van der Waals surface area contributed by atoms with Gasteiger partial charge in [0.1, 0.15) is 0 Å². The molecule has 0 amide bonds. The van der Waals surface area contributed by atoms with Crippen LogP contribution < -0.4 is 11.1 Å². The fourth-order valence-corrected chi connectivity index (χ4v) is 1.54. The minimum atomic E-state index is 0.258. The van der Waals surface area contributed by atoms with Crippen LogP contribution in [0, 0.1) is 0 Å². The SMILES string of the molecule is NC(=S)Nc1cc(Br)ccc1Br. The maximum absolute atomic E-state index is 5.33. The highest BCUT2D eigenvalue weighted by Gasteiger charge is 1.99. The van der Waals surface area contributed by atoms with Crippen LogP contribution in [-0.4, -0.2) is 5.11 Å². The number of hydrogen-bond donors (Lipinski definition) is 2.